The molecule has 172 valence electrons. The van der Waals surface area contributed by atoms with Crippen molar-refractivity contribution in [3.8, 4) is 11.1 Å². The summed E-state index contributed by atoms with van der Waals surface area (Å²) in [6.07, 6.45) is 1.64. The van der Waals surface area contributed by atoms with Crippen LogP contribution >= 0.6 is 0 Å². The van der Waals surface area contributed by atoms with Gasteiger partial charge in [0.1, 0.15) is 6.04 Å². The number of hydrogen-bond donors (Lipinski definition) is 0. The van der Waals surface area contributed by atoms with Crippen LogP contribution in [-0.4, -0.2) is 57.6 Å². The van der Waals surface area contributed by atoms with Crippen LogP contribution in [0.15, 0.2) is 60.7 Å². The highest BCUT2D eigenvalue weighted by atomic mass is 16.2. The number of likely N-dealkylation sites (N-methyl/N-ethyl adjacent to an activating group) is 1. The molecular weight excluding hydrogens is 412 g/mol. The summed E-state index contributed by atoms with van der Waals surface area (Å²) in [5.41, 5.74) is 5.41. The fourth-order valence-electron chi connectivity index (χ4n) is 4.56. The molecule has 4 rings (SSSR count). The van der Waals surface area contributed by atoms with Crippen LogP contribution in [0.5, 0.6) is 0 Å². The molecule has 33 heavy (non-hydrogen) atoms. The lowest BCUT2D eigenvalue weighted by molar-refractivity contribution is -0.150. The second-order valence-corrected chi connectivity index (χ2v) is 8.89. The minimum atomic E-state index is -0.462. The van der Waals surface area contributed by atoms with E-state index in [0.29, 0.717) is 38.9 Å². The molecule has 0 radical (unpaired) electrons. The Labute approximate surface area is 195 Å². The molecule has 1 atom stereocenters. The van der Waals surface area contributed by atoms with E-state index in [1.807, 2.05) is 62.0 Å². The monoisotopic (exact) mass is 444 g/mol. The summed E-state index contributed by atoms with van der Waals surface area (Å²) >= 11 is 0. The molecule has 2 heterocycles. The van der Waals surface area contributed by atoms with Crippen LogP contribution in [0.3, 0.4) is 0 Å². The van der Waals surface area contributed by atoms with E-state index in [4.69, 9.17) is 0 Å². The lowest BCUT2D eigenvalue weighted by Crippen LogP contribution is -2.58. The summed E-state index contributed by atoms with van der Waals surface area (Å²) in [5.74, 6) is 0.0560. The quantitative estimate of drug-likeness (QED) is 0.556. The van der Waals surface area contributed by atoms with E-state index >= 15 is 0 Å². The number of benzene rings is 2. The van der Waals surface area contributed by atoms with Gasteiger partial charge in [0, 0.05) is 45.2 Å². The van der Waals surface area contributed by atoms with E-state index in [1.54, 1.807) is 9.80 Å². The van der Waals surface area contributed by atoms with Crippen LogP contribution in [0.25, 0.3) is 11.1 Å². The third-order valence-electron chi connectivity index (χ3n) is 6.36. The van der Waals surface area contributed by atoms with Gasteiger partial charge in [-0.2, -0.15) is 5.10 Å². The first-order valence-corrected chi connectivity index (χ1v) is 11.6. The van der Waals surface area contributed by atoms with Crippen LogP contribution in [0.4, 0.5) is 0 Å². The SMILES string of the molecule is Cc1cc(C)n(CCCC(=O)N2CCN(C)C(=O)[C@@H]2Cc2cccc(-c3ccccc3)c2)n1. The van der Waals surface area contributed by atoms with Crippen LogP contribution in [0.1, 0.15) is 29.8 Å². The number of piperazine rings is 1. The molecule has 0 saturated carbocycles. The molecule has 6 heteroatoms. The minimum absolute atomic E-state index is 0.0123. The predicted molar refractivity (Wildman–Crippen MR) is 130 cm³/mol. The normalized spacial score (nSPS) is 16.3. The third-order valence-corrected chi connectivity index (χ3v) is 6.36. The standard InChI is InChI=1S/C27H32N4O2/c1-20-17-21(2)31(28-20)14-8-13-26(32)30-16-15-29(3)27(33)25(30)19-22-9-7-12-24(18-22)23-10-5-4-6-11-23/h4-7,9-12,17-18,25H,8,13-16,19H2,1-3H3/t25-/m0/s1. The number of amides is 2. The Morgan fingerprint density at radius 2 is 1.76 bits per heavy atom. The number of aromatic nitrogens is 2. The van der Waals surface area contributed by atoms with Crippen molar-refractivity contribution in [2.45, 2.75) is 45.7 Å². The summed E-state index contributed by atoms with van der Waals surface area (Å²) in [5, 5.41) is 4.48. The predicted octanol–water partition coefficient (Wildman–Crippen LogP) is 3.86. The van der Waals surface area contributed by atoms with Gasteiger partial charge in [-0.05, 0) is 43.0 Å². The van der Waals surface area contributed by atoms with Crippen molar-refractivity contribution in [1.82, 2.24) is 19.6 Å². The van der Waals surface area contributed by atoms with E-state index in [1.165, 1.54) is 0 Å². The lowest BCUT2D eigenvalue weighted by Gasteiger charge is -2.39. The van der Waals surface area contributed by atoms with Crippen LogP contribution < -0.4 is 0 Å². The van der Waals surface area contributed by atoms with E-state index in [9.17, 15) is 9.59 Å². The Morgan fingerprint density at radius 3 is 2.48 bits per heavy atom. The number of aryl methyl sites for hydroxylation is 3. The van der Waals surface area contributed by atoms with E-state index in [2.05, 4.69) is 29.4 Å². The molecule has 2 amide bonds. The average molecular weight is 445 g/mol. The van der Waals surface area contributed by atoms with Gasteiger partial charge in [0.15, 0.2) is 0 Å². The van der Waals surface area contributed by atoms with Crippen LogP contribution in [0, 0.1) is 13.8 Å². The van der Waals surface area contributed by atoms with Gasteiger partial charge in [-0.1, -0.05) is 54.6 Å². The molecular formula is C27H32N4O2. The largest absolute Gasteiger partial charge is 0.342 e. The molecule has 6 nitrogen and oxygen atoms in total. The Hall–Kier alpha value is -3.41. The van der Waals surface area contributed by atoms with Crippen LogP contribution in [-0.2, 0) is 22.6 Å². The summed E-state index contributed by atoms with van der Waals surface area (Å²) in [7, 11) is 1.82. The summed E-state index contributed by atoms with van der Waals surface area (Å²) < 4.78 is 1.95. The highest BCUT2D eigenvalue weighted by molar-refractivity contribution is 5.89. The molecule has 1 aliphatic heterocycles. The molecule has 3 aromatic rings. The van der Waals surface area contributed by atoms with Crippen molar-refractivity contribution in [3.05, 3.63) is 77.6 Å². The fraction of sp³-hybridized carbons (Fsp3) is 0.370. The average Bonchev–Trinajstić information content (AvgIpc) is 3.14. The summed E-state index contributed by atoms with van der Waals surface area (Å²) in [6, 6.07) is 20.1. The molecule has 1 saturated heterocycles. The Balaban J connectivity index is 1.46. The van der Waals surface area contributed by atoms with Gasteiger partial charge in [-0.25, -0.2) is 0 Å². The van der Waals surface area contributed by atoms with Crippen molar-refractivity contribution in [2.24, 2.45) is 0 Å². The van der Waals surface area contributed by atoms with Gasteiger partial charge >= 0.3 is 0 Å². The molecule has 0 N–H and O–H groups in total. The highest BCUT2D eigenvalue weighted by Crippen LogP contribution is 2.23. The van der Waals surface area contributed by atoms with Gasteiger partial charge in [0.2, 0.25) is 11.8 Å². The second-order valence-electron chi connectivity index (χ2n) is 8.89. The molecule has 0 spiro atoms. The number of nitrogens with zero attached hydrogens (tertiary/aromatic N) is 4. The first-order chi connectivity index (χ1) is 15.9. The first-order valence-electron chi connectivity index (χ1n) is 11.6. The van der Waals surface area contributed by atoms with E-state index in [0.717, 1.165) is 28.1 Å². The number of rotatable bonds is 7. The molecule has 0 aliphatic carbocycles. The van der Waals surface area contributed by atoms with Crippen molar-refractivity contribution in [3.63, 3.8) is 0 Å². The minimum Gasteiger partial charge on any atom is -0.342 e. The number of hydrogen-bond acceptors (Lipinski definition) is 3. The number of carbonyl (C=O) groups excluding carboxylic acids is 2. The van der Waals surface area contributed by atoms with Crippen molar-refractivity contribution >= 4 is 11.8 Å². The zero-order valence-electron chi connectivity index (χ0n) is 19.7. The summed E-state index contributed by atoms with van der Waals surface area (Å²) in [6.45, 7) is 5.85. The van der Waals surface area contributed by atoms with Crippen molar-refractivity contribution in [1.29, 1.82) is 0 Å². The molecule has 0 bridgehead atoms. The fourth-order valence-corrected chi connectivity index (χ4v) is 4.56. The van der Waals surface area contributed by atoms with Gasteiger partial charge in [0.05, 0.1) is 5.69 Å². The lowest BCUT2D eigenvalue weighted by atomic mass is 9.97. The number of carbonyl (C=O) groups is 2. The maximum absolute atomic E-state index is 13.1. The Kier molecular flexibility index (Phi) is 6.92. The topological polar surface area (TPSA) is 58.4 Å². The second kappa shape index (κ2) is 10.0. The van der Waals surface area contributed by atoms with Gasteiger partial charge in [0.25, 0.3) is 0 Å². The molecule has 0 unspecified atom stereocenters. The molecule has 1 fully saturated rings. The third kappa shape index (κ3) is 5.33. The maximum Gasteiger partial charge on any atom is 0.245 e. The maximum atomic E-state index is 13.1. The van der Waals surface area contributed by atoms with E-state index < -0.39 is 6.04 Å². The van der Waals surface area contributed by atoms with Gasteiger partial charge in [-0.15, -0.1) is 0 Å². The Morgan fingerprint density at radius 1 is 1.00 bits per heavy atom. The molecule has 1 aliphatic rings. The Bertz CT molecular complexity index is 1120. The zero-order valence-corrected chi connectivity index (χ0v) is 19.7. The van der Waals surface area contributed by atoms with Crippen molar-refractivity contribution in [2.75, 3.05) is 20.1 Å². The van der Waals surface area contributed by atoms with Crippen molar-refractivity contribution < 1.29 is 9.59 Å². The van der Waals surface area contributed by atoms with E-state index in [-0.39, 0.29) is 11.8 Å². The first kappa shape index (κ1) is 22.8. The van der Waals surface area contributed by atoms with Crippen LogP contribution in [0.2, 0.25) is 0 Å². The molecule has 1 aromatic heterocycles. The summed E-state index contributed by atoms with van der Waals surface area (Å²) in [4.78, 5) is 29.7. The van der Waals surface area contributed by atoms with Gasteiger partial charge < -0.3 is 9.80 Å². The zero-order chi connectivity index (χ0) is 23.4. The molecule has 2 aromatic carbocycles. The smallest absolute Gasteiger partial charge is 0.245 e. The highest BCUT2D eigenvalue weighted by Gasteiger charge is 2.35. The van der Waals surface area contributed by atoms with Gasteiger partial charge in [-0.3, -0.25) is 14.3 Å².